The van der Waals surface area contributed by atoms with Crippen molar-refractivity contribution in [2.75, 3.05) is 46.2 Å². The highest BCUT2D eigenvalue weighted by atomic mass is 19.1. The van der Waals surface area contributed by atoms with Gasteiger partial charge in [0.25, 0.3) is 11.8 Å². The standard InChI is InChI=1S/C25H32FN3O4/c1-16-13-28(3)17(2)15-33-22-10-9-20(27-24(30)18-7-6-8-19(26)11-18)12-21(22)25(31)29(4)14-23(16)32-5/h6-12,16-17,23H,13-15H2,1-5H3,(H,27,30)/t16-,17+,23+/m0/s1. The smallest absolute Gasteiger partial charge is 0.257 e. The molecule has 0 aromatic heterocycles. The number of methoxy groups -OCH3 is 1. The van der Waals surface area contributed by atoms with Gasteiger partial charge < -0.3 is 19.7 Å². The van der Waals surface area contributed by atoms with Crippen LogP contribution in [0.3, 0.4) is 0 Å². The van der Waals surface area contributed by atoms with Gasteiger partial charge in [0.05, 0.1) is 11.7 Å². The van der Waals surface area contributed by atoms with E-state index in [1.165, 1.54) is 18.2 Å². The highest BCUT2D eigenvalue weighted by Crippen LogP contribution is 2.26. The van der Waals surface area contributed by atoms with Crippen molar-refractivity contribution >= 4 is 17.5 Å². The fraction of sp³-hybridized carbons (Fsp3) is 0.440. The van der Waals surface area contributed by atoms with Gasteiger partial charge in [0.15, 0.2) is 0 Å². The molecule has 33 heavy (non-hydrogen) atoms. The van der Waals surface area contributed by atoms with Crippen LogP contribution in [0.4, 0.5) is 10.1 Å². The predicted octanol–water partition coefficient (Wildman–Crippen LogP) is 3.51. The molecule has 8 heteroatoms. The second kappa shape index (κ2) is 10.8. The summed E-state index contributed by atoms with van der Waals surface area (Å²) in [5.74, 6) is -0.547. The SMILES string of the molecule is CO[C@@H]1CN(C)C(=O)c2cc(NC(=O)c3cccc(F)c3)ccc2OC[C@@H](C)N(C)C[C@@H]1C. The Bertz CT molecular complexity index is 999. The minimum absolute atomic E-state index is 0.123. The van der Waals surface area contributed by atoms with Crippen molar-refractivity contribution in [1.29, 1.82) is 0 Å². The number of hydrogen-bond acceptors (Lipinski definition) is 5. The van der Waals surface area contributed by atoms with E-state index in [0.717, 1.165) is 12.6 Å². The van der Waals surface area contributed by atoms with Crippen LogP contribution in [0, 0.1) is 11.7 Å². The molecule has 1 aliphatic heterocycles. The lowest BCUT2D eigenvalue weighted by Crippen LogP contribution is -2.45. The van der Waals surface area contributed by atoms with Gasteiger partial charge in [-0.05, 0) is 56.3 Å². The molecule has 0 bridgehead atoms. The van der Waals surface area contributed by atoms with E-state index in [0.29, 0.717) is 30.2 Å². The second-order valence-electron chi connectivity index (χ2n) is 8.71. The average molecular weight is 458 g/mol. The van der Waals surface area contributed by atoms with Gasteiger partial charge in [-0.3, -0.25) is 14.5 Å². The van der Waals surface area contributed by atoms with Crippen molar-refractivity contribution in [2.45, 2.75) is 26.0 Å². The average Bonchev–Trinajstić information content (AvgIpc) is 2.79. The molecule has 0 radical (unpaired) electrons. The molecule has 0 fully saturated rings. The first-order valence-corrected chi connectivity index (χ1v) is 11.0. The first kappa shape index (κ1) is 24.7. The summed E-state index contributed by atoms with van der Waals surface area (Å²) in [6.45, 7) is 5.80. The molecule has 0 unspecified atom stereocenters. The second-order valence-corrected chi connectivity index (χ2v) is 8.71. The van der Waals surface area contributed by atoms with Gasteiger partial charge in [0, 0.05) is 44.5 Å². The summed E-state index contributed by atoms with van der Waals surface area (Å²) in [4.78, 5) is 29.7. The number of hydrogen-bond donors (Lipinski definition) is 1. The molecule has 2 aromatic carbocycles. The van der Waals surface area contributed by atoms with Crippen LogP contribution in [0.2, 0.25) is 0 Å². The summed E-state index contributed by atoms with van der Waals surface area (Å²) >= 11 is 0. The largest absolute Gasteiger partial charge is 0.491 e. The molecular formula is C25H32FN3O4. The van der Waals surface area contributed by atoms with Gasteiger partial charge in [-0.25, -0.2) is 4.39 Å². The monoisotopic (exact) mass is 457 g/mol. The summed E-state index contributed by atoms with van der Waals surface area (Å²) < 4.78 is 25.2. The number of amides is 2. The number of halogens is 1. The zero-order chi connectivity index (χ0) is 24.1. The summed E-state index contributed by atoms with van der Waals surface area (Å²) in [6, 6.07) is 10.5. The number of nitrogens with zero attached hydrogens (tertiary/aromatic N) is 2. The quantitative estimate of drug-likeness (QED) is 0.764. The number of anilines is 1. The van der Waals surface area contributed by atoms with E-state index in [4.69, 9.17) is 9.47 Å². The predicted molar refractivity (Wildman–Crippen MR) is 125 cm³/mol. The van der Waals surface area contributed by atoms with Gasteiger partial charge in [0.2, 0.25) is 0 Å². The third-order valence-electron chi connectivity index (χ3n) is 6.10. The van der Waals surface area contributed by atoms with Crippen LogP contribution in [-0.2, 0) is 4.74 Å². The molecule has 1 heterocycles. The third-order valence-corrected chi connectivity index (χ3v) is 6.10. The number of likely N-dealkylation sites (N-methyl/N-ethyl adjacent to an activating group) is 2. The first-order chi connectivity index (χ1) is 15.7. The Kier molecular flexibility index (Phi) is 8.05. The minimum Gasteiger partial charge on any atom is -0.491 e. The molecule has 178 valence electrons. The lowest BCUT2D eigenvalue weighted by molar-refractivity contribution is 0.0150. The van der Waals surface area contributed by atoms with Crippen LogP contribution in [0.25, 0.3) is 0 Å². The van der Waals surface area contributed by atoms with Crippen molar-refractivity contribution < 1.29 is 23.5 Å². The fourth-order valence-corrected chi connectivity index (χ4v) is 3.87. The number of carbonyl (C=O) groups excluding carboxylic acids is 2. The minimum atomic E-state index is -0.494. The van der Waals surface area contributed by atoms with Crippen molar-refractivity contribution in [3.8, 4) is 5.75 Å². The number of fused-ring (bicyclic) bond motifs is 1. The number of ether oxygens (including phenoxy) is 2. The maximum absolute atomic E-state index is 13.5. The molecule has 3 atom stereocenters. The molecule has 3 rings (SSSR count). The first-order valence-electron chi connectivity index (χ1n) is 11.0. The summed E-state index contributed by atoms with van der Waals surface area (Å²) in [5.41, 5.74) is 0.950. The molecule has 0 aliphatic carbocycles. The van der Waals surface area contributed by atoms with E-state index in [1.807, 2.05) is 7.05 Å². The Morgan fingerprint density at radius 2 is 1.91 bits per heavy atom. The van der Waals surface area contributed by atoms with E-state index >= 15 is 0 Å². The molecule has 0 spiro atoms. The topological polar surface area (TPSA) is 71.1 Å². The van der Waals surface area contributed by atoms with E-state index in [9.17, 15) is 14.0 Å². The summed E-state index contributed by atoms with van der Waals surface area (Å²) in [7, 11) is 5.43. The van der Waals surface area contributed by atoms with Gasteiger partial charge in [-0.15, -0.1) is 0 Å². The summed E-state index contributed by atoms with van der Waals surface area (Å²) in [5, 5.41) is 2.74. The van der Waals surface area contributed by atoms with E-state index < -0.39 is 11.7 Å². The van der Waals surface area contributed by atoms with Gasteiger partial charge in [-0.1, -0.05) is 13.0 Å². The Labute approximate surface area is 194 Å². The van der Waals surface area contributed by atoms with Crippen LogP contribution in [-0.4, -0.2) is 74.7 Å². The van der Waals surface area contributed by atoms with Crippen molar-refractivity contribution in [1.82, 2.24) is 9.80 Å². The Morgan fingerprint density at radius 3 is 2.61 bits per heavy atom. The highest BCUT2D eigenvalue weighted by molar-refractivity contribution is 6.05. The maximum atomic E-state index is 13.5. The Morgan fingerprint density at radius 1 is 1.15 bits per heavy atom. The molecule has 2 aromatic rings. The number of benzene rings is 2. The zero-order valence-electron chi connectivity index (χ0n) is 19.8. The van der Waals surface area contributed by atoms with Crippen LogP contribution < -0.4 is 10.1 Å². The van der Waals surface area contributed by atoms with Gasteiger partial charge in [-0.2, -0.15) is 0 Å². The fourth-order valence-electron chi connectivity index (χ4n) is 3.87. The molecular weight excluding hydrogens is 425 g/mol. The maximum Gasteiger partial charge on any atom is 0.257 e. The Hall–Kier alpha value is -2.97. The molecule has 2 amide bonds. The molecule has 1 aliphatic rings. The third kappa shape index (κ3) is 6.09. The number of nitrogens with one attached hydrogen (secondary N) is 1. The lowest BCUT2D eigenvalue weighted by Gasteiger charge is -2.34. The number of carbonyl (C=O) groups is 2. The van der Waals surface area contributed by atoms with E-state index in [2.05, 4.69) is 24.1 Å². The van der Waals surface area contributed by atoms with Crippen LogP contribution in [0.15, 0.2) is 42.5 Å². The van der Waals surface area contributed by atoms with Crippen LogP contribution in [0.1, 0.15) is 34.6 Å². The van der Waals surface area contributed by atoms with Crippen molar-refractivity contribution in [2.24, 2.45) is 5.92 Å². The van der Waals surface area contributed by atoms with Gasteiger partial charge in [0.1, 0.15) is 18.2 Å². The summed E-state index contributed by atoms with van der Waals surface area (Å²) in [6.07, 6.45) is -0.131. The molecule has 0 saturated carbocycles. The number of rotatable bonds is 3. The highest BCUT2D eigenvalue weighted by Gasteiger charge is 2.27. The van der Waals surface area contributed by atoms with E-state index in [1.54, 1.807) is 37.3 Å². The van der Waals surface area contributed by atoms with Gasteiger partial charge >= 0.3 is 0 Å². The lowest BCUT2D eigenvalue weighted by atomic mass is 10.0. The Balaban J connectivity index is 1.91. The van der Waals surface area contributed by atoms with Crippen molar-refractivity contribution in [3.63, 3.8) is 0 Å². The molecule has 1 N–H and O–H groups in total. The van der Waals surface area contributed by atoms with Crippen molar-refractivity contribution in [3.05, 3.63) is 59.4 Å². The van der Waals surface area contributed by atoms with Crippen LogP contribution >= 0.6 is 0 Å². The van der Waals surface area contributed by atoms with E-state index in [-0.39, 0.29) is 29.5 Å². The molecule has 0 saturated heterocycles. The van der Waals surface area contributed by atoms with Crippen LogP contribution in [0.5, 0.6) is 5.75 Å². The molecule has 7 nitrogen and oxygen atoms in total. The zero-order valence-corrected chi connectivity index (χ0v) is 19.8. The normalized spacial score (nSPS) is 22.5.